The normalized spacial score (nSPS) is 15.9. The minimum Gasteiger partial charge on any atom is -0.497 e. The smallest absolute Gasteiger partial charge is 0.226 e. The summed E-state index contributed by atoms with van der Waals surface area (Å²) in [6, 6.07) is 5.75. The Morgan fingerprint density at radius 1 is 1.36 bits per heavy atom. The predicted octanol–water partition coefficient (Wildman–Crippen LogP) is 4.60. The average molecular weight is 318 g/mol. The van der Waals surface area contributed by atoms with Gasteiger partial charge >= 0.3 is 0 Å². The predicted molar refractivity (Wildman–Crippen MR) is 90.6 cm³/mol. The number of nitrogens with one attached hydrogen (secondary N) is 1. The summed E-state index contributed by atoms with van der Waals surface area (Å²) in [6.07, 6.45) is 8.19. The number of methoxy groups -OCH3 is 1. The van der Waals surface area contributed by atoms with E-state index in [1.165, 1.54) is 43.4 Å². The van der Waals surface area contributed by atoms with Crippen molar-refractivity contribution in [3.8, 4) is 5.75 Å². The number of carbonyl (C=O) groups is 1. The van der Waals surface area contributed by atoms with Crippen molar-refractivity contribution in [3.05, 3.63) is 18.2 Å². The molecular formula is C17H22N2O2S. The van der Waals surface area contributed by atoms with Gasteiger partial charge < -0.3 is 10.1 Å². The summed E-state index contributed by atoms with van der Waals surface area (Å²) in [5.41, 5.74) is 0.897. The summed E-state index contributed by atoms with van der Waals surface area (Å²) in [7, 11) is 1.65. The fourth-order valence-corrected chi connectivity index (χ4v) is 3.99. The lowest BCUT2D eigenvalue weighted by molar-refractivity contribution is -0.116. The van der Waals surface area contributed by atoms with E-state index in [1.807, 2.05) is 18.2 Å². The van der Waals surface area contributed by atoms with Crippen molar-refractivity contribution in [2.24, 2.45) is 5.92 Å². The third-order valence-electron chi connectivity index (χ3n) is 4.35. The maximum Gasteiger partial charge on any atom is 0.226 e. The zero-order chi connectivity index (χ0) is 15.4. The van der Waals surface area contributed by atoms with Gasteiger partial charge in [0.15, 0.2) is 5.13 Å². The van der Waals surface area contributed by atoms with Gasteiger partial charge in [-0.3, -0.25) is 4.79 Å². The summed E-state index contributed by atoms with van der Waals surface area (Å²) in [4.78, 5) is 16.5. The van der Waals surface area contributed by atoms with Gasteiger partial charge in [-0.15, -0.1) is 0 Å². The van der Waals surface area contributed by atoms with Gasteiger partial charge in [0, 0.05) is 6.42 Å². The lowest BCUT2D eigenvalue weighted by atomic mass is 9.86. The molecule has 5 heteroatoms. The lowest BCUT2D eigenvalue weighted by Crippen LogP contribution is -2.14. The SMILES string of the molecule is COc1ccc2nc(NC(=O)CCC3CCCCC3)sc2c1. The van der Waals surface area contributed by atoms with E-state index in [4.69, 9.17) is 4.74 Å². The molecule has 1 N–H and O–H groups in total. The molecule has 1 aromatic heterocycles. The Morgan fingerprint density at radius 3 is 2.95 bits per heavy atom. The molecule has 0 atom stereocenters. The number of hydrogen-bond donors (Lipinski definition) is 1. The maximum atomic E-state index is 12.1. The van der Waals surface area contributed by atoms with Crippen molar-refractivity contribution in [2.75, 3.05) is 12.4 Å². The Hall–Kier alpha value is -1.62. The highest BCUT2D eigenvalue weighted by molar-refractivity contribution is 7.22. The van der Waals surface area contributed by atoms with Gasteiger partial charge in [0.05, 0.1) is 17.3 Å². The van der Waals surface area contributed by atoms with Crippen LogP contribution in [-0.4, -0.2) is 18.0 Å². The van der Waals surface area contributed by atoms with Crippen molar-refractivity contribution >= 4 is 32.6 Å². The van der Waals surface area contributed by atoms with E-state index in [0.29, 0.717) is 11.6 Å². The second-order valence-electron chi connectivity index (χ2n) is 5.94. The highest BCUT2D eigenvalue weighted by Crippen LogP contribution is 2.30. The van der Waals surface area contributed by atoms with Crippen LogP contribution < -0.4 is 10.1 Å². The minimum absolute atomic E-state index is 0.0802. The van der Waals surface area contributed by atoms with Crippen LogP contribution in [0.25, 0.3) is 10.2 Å². The fraction of sp³-hybridized carbons (Fsp3) is 0.529. The molecule has 0 spiro atoms. The van der Waals surface area contributed by atoms with Crippen LogP contribution in [0.5, 0.6) is 5.75 Å². The quantitative estimate of drug-likeness (QED) is 0.876. The number of hydrogen-bond acceptors (Lipinski definition) is 4. The molecule has 2 aromatic rings. The molecular weight excluding hydrogens is 296 g/mol. The number of aromatic nitrogens is 1. The number of rotatable bonds is 5. The van der Waals surface area contributed by atoms with E-state index in [9.17, 15) is 4.79 Å². The molecule has 22 heavy (non-hydrogen) atoms. The molecule has 0 radical (unpaired) electrons. The monoisotopic (exact) mass is 318 g/mol. The number of amides is 1. The minimum atomic E-state index is 0.0802. The van der Waals surface area contributed by atoms with Gasteiger partial charge in [0.25, 0.3) is 0 Å². The zero-order valence-electron chi connectivity index (χ0n) is 12.9. The van der Waals surface area contributed by atoms with Crippen LogP contribution in [0.4, 0.5) is 5.13 Å². The molecule has 0 saturated heterocycles. The van der Waals surface area contributed by atoms with Crippen LogP contribution in [0.2, 0.25) is 0 Å². The summed E-state index contributed by atoms with van der Waals surface area (Å²) in [5, 5.41) is 3.61. The van der Waals surface area contributed by atoms with Gasteiger partial charge in [0.1, 0.15) is 5.75 Å². The van der Waals surface area contributed by atoms with Crippen LogP contribution in [0.3, 0.4) is 0 Å². The molecule has 1 aromatic carbocycles. The number of ether oxygens (including phenoxy) is 1. The molecule has 1 aliphatic rings. The first-order valence-corrected chi connectivity index (χ1v) is 8.80. The third kappa shape index (κ3) is 3.77. The molecule has 118 valence electrons. The fourth-order valence-electron chi connectivity index (χ4n) is 3.08. The Kier molecular flexibility index (Phi) is 4.93. The third-order valence-corrected chi connectivity index (χ3v) is 5.28. The summed E-state index contributed by atoms with van der Waals surface area (Å²) >= 11 is 1.49. The molecule has 1 aliphatic carbocycles. The number of benzene rings is 1. The topological polar surface area (TPSA) is 51.2 Å². The van der Waals surface area contributed by atoms with Crippen molar-refractivity contribution in [1.29, 1.82) is 0 Å². The van der Waals surface area contributed by atoms with Crippen LogP contribution in [-0.2, 0) is 4.79 Å². The molecule has 1 saturated carbocycles. The van der Waals surface area contributed by atoms with Crippen molar-refractivity contribution < 1.29 is 9.53 Å². The molecule has 1 fully saturated rings. The first kappa shape index (κ1) is 15.3. The number of fused-ring (bicyclic) bond motifs is 1. The van der Waals surface area contributed by atoms with Crippen molar-refractivity contribution in [1.82, 2.24) is 4.98 Å². The van der Waals surface area contributed by atoms with Gasteiger partial charge in [-0.1, -0.05) is 43.4 Å². The zero-order valence-corrected chi connectivity index (χ0v) is 13.7. The standard InChI is InChI=1S/C17H22N2O2S/c1-21-13-8-9-14-15(11-13)22-17(18-14)19-16(20)10-7-12-5-3-2-4-6-12/h8-9,11-12H,2-7,10H2,1H3,(H,18,19,20). The summed E-state index contributed by atoms with van der Waals surface area (Å²) in [6.45, 7) is 0. The van der Waals surface area contributed by atoms with Crippen LogP contribution in [0.15, 0.2) is 18.2 Å². The molecule has 4 nitrogen and oxygen atoms in total. The van der Waals surface area contributed by atoms with E-state index < -0.39 is 0 Å². The second kappa shape index (κ2) is 7.09. The Morgan fingerprint density at radius 2 is 2.18 bits per heavy atom. The molecule has 0 unspecified atom stereocenters. The van der Waals surface area contributed by atoms with Crippen LogP contribution in [0, 0.1) is 5.92 Å². The van der Waals surface area contributed by atoms with E-state index in [1.54, 1.807) is 7.11 Å². The first-order chi connectivity index (χ1) is 10.7. The number of carbonyl (C=O) groups excluding carboxylic acids is 1. The van der Waals surface area contributed by atoms with Crippen LogP contribution in [0.1, 0.15) is 44.9 Å². The number of anilines is 1. The maximum absolute atomic E-state index is 12.1. The molecule has 0 bridgehead atoms. The van der Waals surface area contributed by atoms with E-state index in [-0.39, 0.29) is 5.91 Å². The molecule has 0 aliphatic heterocycles. The van der Waals surface area contributed by atoms with Gasteiger partial charge in [-0.05, 0) is 30.5 Å². The Labute approximate surface area is 134 Å². The van der Waals surface area contributed by atoms with Crippen LogP contribution >= 0.6 is 11.3 Å². The van der Waals surface area contributed by atoms with E-state index in [0.717, 1.165) is 28.3 Å². The Balaban J connectivity index is 1.56. The van der Waals surface area contributed by atoms with Crippen molar-refractivity contribution in [3.63, 3.8) is 0 Å². The largest absolute Gasteiger partial charge is 0.497 e. The molecule has 1 amide bonds. The average Bonchev–Trinajstić information content (AvgIpc) is 2.95. The second-order valence-corrected chi connectivity index (χ2v) is 6.97. The number of nitrogens with zero attached hydrogens (tertiary/aromatic N) is 1. The summed E-state index contributed by atoms with van der Waals surface area (Å²) < 4.78 is 6.24. The molecule has 3 rings (SSSR count). The Bertz CT molecular complexity index is 647. The van der Waals surface area contributed by atoms with Gasteiger partial charge in [-0.25, -0.2) is 4.98 Å². The van der Waals surface area contributed by atoms with Gasteiger partial charge in [0.2, 0.25) is 5.91 Å². The lowest BCUT2D eigenvalue weighted by Gasteiger charge is -2.20. The van der Waals surface area contributed by atoms with E-state index in [2.05, 4.69) is 10.3 Å². The molecule has 1 heterocycles. The highest BCUT2D eigenvalue weighted by Gasteiger charge is 2.15. The van der Waals surface area contributed by atoms with Gasteiger partial charge in [-0.2, -0.15) is 0 Å². The first-order valence-electron chi connectivity index (χ1n) is 7.99. The summed E-state index contributed by atoms with van der Waals surface area (Å²) in [5.74, 6) is 1.63. The highest BCUT2D eigenvalue weighted by atomic mass is 32.1. The van der Waals surface area contributed by atoms with E-state index >= 15 is 0 Å². The van der Waals surface area contributed by atoms with Crippen molar-refractivity contribution in [2.45, 2.75) is 44.9 Å². The number of thiazole rings is 1.